The molecular formula is C18H23ClN2O4. The van der Waals surface area contributed by atoms with Gasteiger partial charge in [-0.3, -0.25) is 9.59 Å². The number of hydrogen-bond acceptors (Lipinski definition) is 4. The molecular weight excluding hydrogens is 344 g/mol. The Bertz CT molecular complexity index is 671. The normalized spacial score (nSPS) is 26.9. The number of morpholine rings is 1. The predicted molar refractivity (Wildman–Crippen MR) is 95.1 cm³/mol. The first-order valence-electron chi connectivity index (χ1n) is 8.47. The topological polar surface area (TPSA) is 59.1 Å². The van der Waals surface area contributed by atoms with Crippen LogP contribution in [0.4, 0.5) is 5.69 Å². The lowest BCUT2D eigenvalue weighted by atomic mass is 10.1. The van der Waals surface area contributed by atoms with E-state index in [4.69, 9.17) is 21.1 Å². The largest absolute Gasteiger partial charge is 0.495 e. The molecule has 2 aliphatic heterocycles. The van der Waals surface area contributed by atoms with E-state index in [2.05, 4.69) is 0 Å². The zero-order chi connectivity index (χ0) is 18.1. The monoisotopic (exact) mass is 366 g/mol. The van der Waals surface area contributed by atoms with Gasteiger partial charge in [0.2, 0.25) is 11.8 Å². The van der Waals surface area contributed by atoms with E-state index in [9.17, 15) is 9.59 Å². The Labute approximate surface area is 152 Å². The van der Waals surface area contributed by atoms with Crippen LogP contribution in [0, 0.1) is 5.92 Å². The third kappa shape index (κ3) is 3.75. The number of methoxy groups -OCH3 is 1. The first kappa shape index (κ1) is 18.0. The summed E-state index contributed by atoms with van der Waals surface area (Å²) in [6.45, 7) is 5.38. The van der Waals surface area contributed by atoms with Gasteiger partial charge in [-0.25, -0.2) is 0 Å². The van der Waals surface area contributed by atoms with E-state index in [0.29, 0.717) is 36.1 Å². The van der Waals surface area contributed by atoms with E-state index < -0.39 is 0 Å². The SMILES string of the molecule is COc1ccc(Cl)cc1N1CC(C(=O)N2CC(C)OC(C)C2)CC1=O. The number of amides is 2. The number of benzene rings is 1. The van der Waals surface area contributed by atoms with Gasteiger partial charge in [0.05, 0.1) is 30.9 Å². The highest BCUT2D eigenvalue weighted by molar-refractivity contribution is 6.31. The first-order valence-corrected chi connectivity index (χ1v) is 8.85. The summed E-state index contributed by atoms with van der Waals surface area (Å²) in [6, 6.07) is 5.14. The molecule has 0 bridgehead atoms. The summed E-state index contributed by atoms with van der Waals surface area (Å²) < 4.78 is 11.0. The lowest BCUT2D eigenvalue weighted by Crippen LogP contribution is -2.50. The van der Waals surface area contributed by atoms with Crippen molar-refractivity contribution in [1.29, 1.82) is 0 Å². The van der Waals surface area contributed by atoms with Crippen molar-refractivity contribution in [3.05, 3.63) is 23.2 Å². The molecule has 0 N–H and O–H groups in total. The minimum Gasteiger partial charge on any atom is -0.495 e. The smallest absolute Gasteiger partial charge is 0.228 e. The van der Waals surface area contributed by atoms with Crippen molar-refractivity contribution in [2.75, 3.05) is 31.6 Å². The lowest BCUT2D eigenvalue weighted by molar-refractivity contribution is -0.147. The van der Waals surface area contributed by atoms with Crippen LogP contribution in [-0.4, -0.2) is 55.7 Å². The van der Waals surface area contributed by atoms with Gasteiger partial charge in [-0.15, -0.1) is 0 Å². The number of halogens is 1. The molecule has 2 saturated heterocycles. The zero-order valence-electron chi connectivity index (χ0n) is 14.7. The molecule has 0 spiro atoms. The van der Waals surface area contributed by atoms with E-state index in [1.807, 2.05) is 18.7 Å². The fraction of sp³-hybridized carbons (Fsp3) is 0.556. The van der Waals surface area contributed by atoms with Gasteiger partial charge < -0.3 is 19.3 Å². The number of carbonyl (C=O) groups excluding carboxylic acids is 2. The molecule has 2 amide bonds. The fourth-order valence-corrected chi connectivity index (χ4v) is 3.76. The zero-order valence-corrected chi connectivity index (χ0v) is 15.5. The molecule has 7 heteroatoms. The van der Waals surface area contributed by atoms with Gasteiger partial charge in [0.25, 0.3) is 0 Å². The van der Waals surface area contributed by atoms with Gasteiger partial charge in [-0.2, -0.15) is 0 Å². The van der Waals surface area contributed by atoms with Crippen molar-refractivity contribution < 1.29 is 19.1 Å². The van der Waals surface area contributed by atoms with Crippen molar-refractivity contribution in [2.24, 2.45) is 5.92 Å². The molecule has 1 aromatic carbocycles. The van der Waals surface area contributed by atoms with Crippen LogP contribution in [0.1, 0.15) is 20.3 Å². The third-order valence-corrected chi connectivity index (χ3v) is 4.87. The molecule has 0 aliphatic carbocycles. The number of anilines is 1. The second-order valence-electron chi connectivity index (χ2n) is 6.72. The average Bonchev–Trinajstić information content (AvgIpc) is 2.95. The molecule has 0 saturated carbocycles. The van der Waals surface area contributed by atoms with Crippen molar-refractivity contribution in [2.45, 2.75) is 32.5 Å². The quantitative estimate of drug-likeness (QED) is 0.823. The molecule has 1 aromatic rings. The Morgan fingerprint density at radius 1 is 1.24 bits per heavy atom. The summed E-state index contributed by atoms with van der Waals surface area (Å²) in [5.74, 6) is 0.139. The number of hydrogen-bond donors (Lipinski definition) is 0. The van der Waals surface area contributed by atoms with Crippen LogP contribution in [-0.2, 0) is 14.3 Å². The maximum atomic E-state index is 12.9. The van der Waals surface area contributed by atoms with Crippen molar-refractivity contribution >= 4 is 29.1 Å². The van der Waals surface area contributed by atoms with E-state index in [1.54, 1.807) is 30.2 Å². The standard InChI is InChI=1S/C18H23ClN2O4/c1-11-8-20(9-12(2)25-11)18(23)13-6-17(22)21(10-13)15-7-14(19)4-5-16(15)24-3/h4-5,7,11-13H,6,8-10H2,1-3H3. The average molecular weight is 367 g/mol. The Kier molecular flexibility index (Phi) is 5.20. The first-order chi connectivity index (χ1) is 11.9. The van der Waals surface area contributed by atoms with Gasteiger partial charge in [0.1, 0.15) is 5.75 Å². The van der Waals surface area contributed by atoms with Gasteiger partial charge in [-0.05, 0) is 32.0 Å². The predicted octanol–water partition coefficient (Wildman–Crippen LogP) is 2.34. The molecule has 136 valence electrons. The molecule has 25 heavy (non-hydrogen) atoms. The molecule has 3 rings (SSSR count). The van der Waals surface area contributed by atoms with E-state index in [-0.39, 0.29) is 36.4 Å². The van der Waals surface area contributed by atoms with Crippen LogP contribution in [0.15, 0.2) is 18.2 Å². The summed E-state index contributed by atoms with van der Waals surface area (Å²) in [7, 11) is 1.55. The molecule has 3 atom stereocenters. The van der Waals surface area contributed by atoms with Crippen molar-refractivity contribution in [3.8, 4) is 5.75 Å². The van der Waals surface area contributed by atoms with Crippen molar-refractivity contribution in [3.63, 3.8) is 0 Å². The van der Waals surface area contributed by atoms with E-state index >= 15 is 0 Å². The maximum absolute atomic E-state index is 12.9. The summed E-state index contributed by atoms with van der Waals surface area (Å²) in [5, 5.41) is 0.522. The van der Waals surface area contributed by atoms with Gasteiger partial charge in [-0.1, -0.05) is 11.6 Å². The fourth-order valence-electron chi connectivity index (χ4n) is 3.60. The van der Waals surface area contributed by atoms with Gasteiger partial charge in [0, 0.05) is 31.1 Å². The van der Waals surface area contributed by atoms with Crippen LogP contribution in [0.5, 0.6) is 5.75 Å². The summed E-state index contributed by atoms with van der Waals surface area (Å²) >= 11 is 6.07. The highest BCUT2D eigenvalue weighted by Crippen LogP contribution is 2.35. The Balaban J connectivity index is 1.76. The van der Waals surface area contributed by atoms with Crippen LogP contribution in [0.3, 0.4) is 0 Å². The van der Waals surface area contributed by atoms with Crippen LogP contribution < -0.4 is 9.64 Å². The molecule has 3 unspecified atom stereocenters. The van der Waals surface area contributed by atoms with Crippen LogP contribution in [0.2, 0.25) is 5.02 Å². The highest BCUT2D eigenvalue weighted by Gasteiger charge is 2.39. The van der Waals surface area contributed by atoms with Crippen LogP contribution in [0.25, 0.3) is 0 Å². The summed E-state index contributed by atoms with van der Waals surface area (Å²) in [5.41, 5.74) is 0.610. The Morgan fingerprint density at radius 2 is 1.92 bits per heavy atom. The summed E-state index contributed by atoms with van der Waals surface area (Å²) in [4.78, 5) is 28.8. The molecule has 2 fully saturated rings. The molecule has 2 aliphatic rings. The van der Waals surface area contributed by atoms with Crippen LogP contribution >= 0.6 is 11.6 Å². The minimum atomic E-state index is -0.353. The highest BCUT2D eigenvalue weighted by atomic mass is 35.5. The number of nitrogens with zero attached hydrogens (tertiary/aromatic N) is 2. The lowest BCUT2D eigenvalue weighted by Gasteiger charge is -2.36. The minimum absolute atomic E-state index is 0.00827. The van der Waals surface area contributed by atoms with Gasteiger partial charge in [0.15, 0.2) is 0 Å². The number of ether oxygens (including phenoxy) is 2. The van der Waals surface area contributed by atoms with E-state index in [0.717, 1.165) is 0 Å². The maximum Gasteiger partial charge on any atom is 0.228 e. The molecule has 0 radical (unpaired) electrons. The molecule has 2 heterocycles. The second kappa shape index (κ2) is 7.22. The third-order valence-electron chi connectivity index (χ3n) is 4.64. The van der Waals surface area contributed by atoms with E-state index in [1.165, 1.54) is 0 Å². The second-order valence-corrected chi connectivity index (χ2v) is 7.16. The Hall–Kier alpha value is -1.79. The molecule has 0 aromatic heterocycles. The number of rotatable bonds is 3. The summed E-state index contributed by atoms with van der Waals surface area (Å²) in [6.07, 6.45) is 0.220. The van der Waals surface area contributed by atoms with Crippen molar-refractivity contribution in [1.82, 2.24) is 4.90 Å². The molecule has 6 nitrogen and oxygen atoms in total. The van der Waals surface area contributed by atoms with Gasteiger partial charge >= 0.3 is 0 Å². The number of carbonyl (C=O) groups is 2. The Morgan fingerprint density at radius 3 is 2.56 bits per heavy atom.